The Labute approximate surface area is 158 Å². The molecule has 0 spiro atoms. The van der Waals surface area contributed by atoms with Crippen LogP contribution in [0.5, 0.6) is 5.75 Å². The molecule has 1 aromatic rings. The van der Waals surface area contributed by atoms with Gasteiger partial charge in [-0.05, 0) is 44.6 Å². The highest BCUT2D eigenvalue weighted by atomic mass is 28.4. The second-order valence-electron chi connectivity index (χ2n) is 7.58. The van der Waals surface area contributed by atoms with Crippen LogP contribution in [0.1, 0.15) is 61.7 Å². The van der Waals surface area contributed by atoms with Crippen molar-refractivity contribution in [2.24, 2.45) is 0 Å². The zero-order valence-corrected chi connectivity index (χ0v) is 17.3. The Morgan fingerprint density at radius 1 is 0.962 bits per heavy atom. The number of amides is 1. The molecule has 0 aromatic heterocycles. The number of hydrogen-bond acceptors (Lipinski definition) is 4. The average molecular weight is 380 g/mol. The zero-order chi connectivity index (χ0) is 19.4. The Morgan fingerprint density at radius 3 is 2.15 bits per heavy atom. The summed E-state index contributed by atoms with van der Waals surface area (Å²) in [6.45, 7) is 6.69. The van der Waals surface area contributed by atoms with Gasteiger partial charge in [0.25, 0.3) is 11.9 Å². The van der Waals surface area contributed by atoms with Crippen molar-refractivity contribution in [2.75, 3.05) is 6.54 Å². The number of para-hydroxylation sites is 1. The first-order chi connectivity index (χ1) is 12.3. The smallest absolute Gasteiger partial charge is 0.292 e. The lowest BCUT2D eigenvalue weighted by atomic mass is 10.1. The van der Waals surface area contributed by atoms with E-state index in [9.17, 15) is 14.7 Å². The molecule has 0 atom stereocenters. The van der Waals surface area contributed by atoms with Crippen LogP contribution in [-0.2, 0) is 9.22 Å². The van der Waals surface area contributed by atoms with Crippen molar-refractivity contribution in [1.29, 1.82) is 0 Å². The molecule has 26 heavy (non-hydrogen) atoms. The topological polar surface area (TPSA) is 75.6 Å². The molecule has 5 nitrogen and oxygen atoms in total. The minimum absolute atomic E-state index is 0.0127. The Bertz CT molecular complexity index is 569. The monoisotopic (exact) mass is 379 g/mol. The predicted octanol–water partition coefficient (Wildman–Crippen LogP) is 4.62. The summed E-state index contributed by atoms with van der Waals surface area (Å²) in [6.07, 6.45) is 7.90. The first kappa shape index (κ1) is 22.2. The van der Waals surface area contributed by atoms with E-state index in [-0.39, 0.29) is 17.6 Å². The van der Waals surface area contributed by atoms with Gasteiger partial charge in [0.05, 0.1) is 5.56 Å². The number of carbonyl (C=O) groups is 2. The normalized spacial score (nSPS) is 11.2. The Balaban J connectivity index is 1.96. The van der Waals surface area contributed by atoms with E-state index >= 15 is 0 Å². The van der Waals surface area contributed by atoms with Crippen molar-refractivity contribution in [1.82, 2.24) is 5.32 Å². The molecule has 1 rings (SSSR count). The van der Waals surface area contributed by atoms with E-state index in [1.165, 1.54) is 6.07 Å². The Hall–Kier alpha value is -1.82. The van der Waals surface area contributed by atoms with Crippen LogP contribution in [0.4, 0.5) is 0 Å². The van der Waals surface area contributed by atoms with Crippen LogP contribution in [0.15, 0.2) is 24.3 Å². The fourth-order valence-corrected chi connectivity index (χ4v) is 3.42. The third kappa shape index (κ3) is 10.2. The maximum absolute atomic E-state index is 11.9. The molecule has 1 amide bonds. The molecule has 6 heteroatoms. The summed E-state index contributed by atoms with van der Waals surface area (Å²) in [5.74, 6) is -0.267. The van der Waals surface area contributed by atoms with Gasteiger partial charge in [-0.15, -0.1) is 0 Å². The lowest BCUT2D eigenvalue weighted by Gasteiger charge is -2.17. The van der Waals surface area contributed by atoms with Crippen LogP contribution >= 0.6 is 0 Å². The molecule has 146 valence electrons. The molecule has 0 saturated carbocycles. The number of benzene rings is 1. The van der Waals surface area contributed by atoms with Crippen LogP contribution in [0, 0.1) is 0 Å². The number of phenols is 1. The van der Waals surface area contributed by atoms with E-state index in [0.29, 0.717) is 18.5 Å². The van der Waals surface area contributed by atoms with Crippen LogP contribution in [-0.4, -0.2) is 31.8 Å². The van der Waals surface area contributed by atoms with Crippen LogP contribution < -0.4 is 5.32 Å². The van der Waals surface area contributed by atoms with Crippen LogP contribution in [0.25, 0.3) is 0 Å². The summed E-state index contributed by atoms with van der Waals surface area (Å²) in [4.78, 5) is 23.5. The first-order valence-electron chi connectivity index (χ1n) is 9.57. The summed E-state index contributed by atoms with van der Waals surface area (Å²) in [7, 11) is -1.74. The number of aromatic hydroxyl groups is 1. The second-order valence-corrected chi connectivity index (χ2v) is 12.0. The van der Waals surface area contributed by atoms with Gasteiger partial charge in [-0.3, -0.25) is 9.59 Å². The molecule has 0 unspecified atom stereocenters. The summed E-state index contributed by atoms with van der Waals surface area (Å²) in [6, 6.07) is 6.56. The van der Waals surface area contributed by atoms with Gasteiger partial charge in [-0.1, -0.05) is 44.2 Å². The zero-order valence-electron chi connectivity index (χ0n) is 16.3. The van der Waals surface area contributed by atoms with Gasteiger partial charge in [0.2, 0.25) is 8.32 Å². The van der Waals surface area contributed by atoms with Crippen molar-refractivity contribution in [3.8, 4) is 5.75 Å². The van der Waals surface area contributed by atoms with Gasteiger partial charge in [-0.25, -0.2) is 0 Å². The molecule has 0 fully saturated rings. The molecule has 0 radical (unpaired) electrons. The number of carbonyl (C=O) groups excluding carboxylic acids is 2. The van der Waals surface area contributed by atoms with Crippen molar-refractivity contribution in [3.05, 3.63) is 29.8 Å². The molecule has 0 aliphatic heterocycles. The first-order valence-corrected chi connectivity index (χ1v) is 13.0. The number of phenolic OH excluding ortho intramolecular Hbond substituents is 1. The molecule has 1 aromatic carbocycles. The second kappa shape index (κ2) is 11.7. The van der Waals surface area contributed by atoms with E-state index in [1.807, 2.05) is 19.6 Å². The summed E-state index contributed by atoms with van der Waals surface area (Å²) >= 11 is 0. The average Bonchev–Trinajstić information content (AvgIpc) is 2.55. The van der Waals surface area contributed by atoms with Crippen molar-refractivity contribution < 1.29 is 19.1 Å². The molecule has 0 saturated heterocycles. The minimum Gasteiger partial charge on any atom is -0.520 e. The van der Waals surface area contributed by atoms with Crippen LogP contribution in [0.3, 0.4) is 0 Å². The van der Waals surface area contributed by atoms with Gasteiger partial charge < -0.3 is 14.8 Å². The fraction of sp³-hybridized carbons (Fsp3) is 0.600. The number of unbranched alkanes of at least 4 members (excludes halogenated alkanes) is 6. The lowest BCUT2D eigenvalue weighted by molar-refractivity contribution is -0.135. The van der Waals surface area contributed by atoms with Crippen LogP contribution in [0.2, 0.25) is 19.6 Å². The Kier molecular flexibility index (Phi) is 10.0. The van der Waals surface area contributed by atoms with Gasteiger partial charge in [-0.2, -0.15) is 0 Å². The maximum Gasteiger partial charge on any atom is 0.292 e. The van der Waals surface area contributed by atoms with Gasteiger partial charge >= 0.3 is 0 Å². The summed E-state index contributed by atoms with van der Waals surface area (Å²) in [5, 5.41) is 12.5. The van der Waals surface area contributed by atoms with E-state index in [0.717, 1.165) is 44.9 Å². The fourth-order valence-electron chi connectivity index (χ4n) is 2.63. The number of nitrogens with one attached hydrogen (secondary N) is 1. The van der Waals surface area contributed by atoms with Crippen molar-refractivity contribution >= 4 is 20.2 Å². The standard InChI is InChI=1S/C20H33NO4Si/c1-26(2,3)25-19(23)15-9-7-5-4-6-8-12-16-21-20(24)17-13-10-11-14-18(17)22/h10-11,13-14,22H,4-9,12,15-16H2,1-3H3,(H,21,24). The highest BCUT2D eigenvalue weighted by Gasteiger charge is 2.19. The largest absolute Gasteiger partial charge is 0.520 e. The third-order valence-corrected chi connectivity index (χ3v) is 4.75. The molecular formula is C20H33NO4Si. The highest BCUT2D eigenvalue weighted by molar-refractivity contribution is 6.71. The van der Waals surface area contributed by atoms with Gasteiger partial charge in [0.15, 0.2) is 0 Å². The maximum atomic E-state index is 11.9. The van der Waals surface area contributed by atoms with Gasteiger partial charge in [0, 0.05) is 13.0 Å². The summed E-state index contributed by atoms with van der Waals surface area (Å²) < 4.78 is 5.42. The molecular weight excluding hydrogens is 346 g/mol. The van der Waals surface area contributed by atoms with Gasteiger partial charge in [0.1, 0.15) is 5.75 Å². The third-order valence-electron chi connectivity index (χ3n) is 3.91. The van der Waals surface area contributed by atoms with E-state index < -0.39 is 8.32 Å². The molecule has 0 heterocycles. The molecule has 0 bridgehead atoms. The van der Waals surface area contributed by atoms with Crippen molar-refractivity contribution in [3.63, 3.8) is 0 Å². The lowest BCUT2D eigenvalue weighted by Crippen LogP contribution is -2.28. The van der Waals surface area contributed by atoms with E-state index in [1.54, 1.807) is 18.2 Å². The molecule has 0 aliphatic carbocycles. The molecule has 0 aliphatic rings. The van der Waals surface area contributed by atoms with E-state index in [4.69, 9.17) is 4.43 Å². The quantitative estimate of drug-likeness (QED) is 0.410. The highest BCUT2D eigenvalue weighted by Crippen LogP contribution is 2.15. The summed E-state index contributed by atoms with van der Waals surface area (Å²) in [5.41, 5.74) is 0.320. The predicted molar refractivity (Wildman–Crippen MR) is 107 cm³/mol. The van der Waals surface area contributed by atoms with E-state index in [2.05, 4.69) is 5.32 Å². The van der Waals surface area contributed by atoms with Crippen molar-refractivity contribution in [2.45, 2.75) is 71.0 Å². The number of hydrogen-bond donors (Lipinski definition) is 2. The SMILES string of the molecule is C[Si](C)(C)OC(=O)CCCCCCCCCNC(=O)c1ccccc1O. The number of rotatable bonds is 12. The minimum atomic E-state index is -1.74. The Morgan fingerprint density at radius 2 is 1.54 bits per heavy atom. The molecule has 2 N–H and O–H groups in total.